The van der Waals surface area contributed by atoms with Crippen LogP contribution in [0, 0.1) is 5.82 Å². The van der Waals surface area contributed by atoms with Gasteiger partial charge in [-0.15, -0.1) is 0 Å². The Balaban J connectivity index is 1.66. The first-order valence-electron chi connectivity index (χ1n) is 9.67. The molecule has 3 rings (SSSR count). The van der Waals surface area contributed by atoms with Crippen molar-refractivity contribution in [2.75, 3.05) is 6.61 Å². The van der Waals surface area contributed by atoms with Crippen molar-refractivity contribution in [3.05, 3.63) is 94.3 Å². The van der Waals surface area contributed by atoms with Crippen molar-refractivity contribution in [2.45, 2.75) is 33.0 Å². The average molecular weight is 414 g/mol. The Hall–Kier alpha value is -2.56. The van der Waals surface area contributed by atoms with Crippen LogP contribution in [0.4, 0.5) is 4.39 Å². The van der Waals surface area contributed by atoms with Crippen molar-refractivity contribution in [3.8, 4) is 11.5 Å². The summed E-state index contributed by atoms with van der Waals surface area (Å²) in [4.78, 5) is 0. The predicted octanol–water partition coefficient (Wildman–Crippen LogP) is 6.31. The molecule has 0 bridgehead atoms. The highest BCUT2D eigenvalue weighted by atomic mass is 35.5. The molecule has 0 aliphatic carbocycles. The Morgan fingerprint density at radius 1 is 0.966 bits per heavy atom. The number of ether oxygens (including phenoxy) is 2. The van der Waals surface area contributed by atoms with Gasteiger partial charge < -0.3 is 14.8 Å². The molecule has 0 heterocycles. The van der Waals surface area contributed by atoms with Gasteiger partial charge in [-0.25, -0.2) is 4.39 Å². The Labute approximate surface area is 176 Å². The molecule has 1 N–H and O–H groups in total. The number of rotatable bonds is 9. The van der Waals surface area contributed by atoms with Gasteiger partial charge in [0.1, 0.15) is 12.4 Å². The van der Waals surface area contributed by atoms with E-state index in [4.69, 9.17) is 21.1 Å². The molecule has 0 saturated heterocycles. The molecule has 152 valence electrons. The molecular formula is C24H25ClFNO2. The summed E-state index contributed by atoms with van der Waals surface area (Å²) >= 11 is 6.08. The average Bonchev–Trinajstić information content (AvgIpc) is 2.73. The molecule has 0 amide bonds. The second-order valence-corrected chi connectivity index (χ2v) is 7.16. The number of halogens is 2. The summed E-state index contributed by atoms with van der Waals surface area (Å²) in [5, 5.41) is 3.87. The summed E-state index contributed by atoms with van der Waals surface area (Å²) in [5.41, 5.74) is 3.06. The summed E-state index contributed by atoms with van der Waals surface area (Å²) in [6, 6.07) is 20.7. The van der Waals surface area contributed by atoms with E-state index >= 15 is 0 Å². The highest BCUT2D eigenvalue weighted by Gasteiger charge is 2.10. The lowest BCUT2D eigenvalue weighted by Crippen LogP contribution is -2.18. The van der Waals surface area contributed by atoms with Gasteiger partial charge in [-0.2, -0.15) is 0 Å². The molecule has 5 heteroatoms. The van der Waals surface area contributed by atoms with Crippen LogP contribution in [0.15, 0.2) is 66.7 Å². The van der Waals surface area contributed by atoms with Crippen molar-refractivity contribution in [1.29, 1.82) is 0 Å². The Morgan fingerprint density at radius 2 is 1.76 bits per heavy atom. The summed E-state index contributed by atoms with van der Waals surface area (Å²) in [7, 11) is 0. The molecule has 29 heavy (non-hydrogen) atoms. The number of benzene rings is 3. The standard InChI is InChI=1S/C24H25ClFNO2/c1-3-28-24-13-18(15-27-17(2)19-7-5-4-6-8-19)9-12-23(24)29-16-20-10-11-21(26)14-22(20)25/h4-14,17,27H,3,15-16H2,1-2H3. The molecule has 0 aliphatic rings. The Kier molecular flexibility index (Phi) is 7.50. The van der Waals surface area contributed by atoms with Gasteiger partial charge in [0.05, 0.1) is 11.6 Å². The summed E-state index contributed by atoms with van der Waals surface area (Å²) in [6.45, 7) is 5.55. The third-order valence-electron chi connectivity index (χ3n) is 4.62. The van der Waals surface area contributed by atoms with E-state index in [1.165, 1.54) is 17.7 Å². The van der Waals surface area contributed by atoms with E-state index in [0.717, 1.165) is 11.1 Å². The van der Waals surface area contributed by atoms with E-state index in [2.05, 4.69) is 24.4 Å². The first kappa shape index (κ1) is 21.2. The summed E-state index contributed by atoms with van der Waals surface area (Å²) < 4.78 is 24.9. The van der Waals surface area contributed by atoms with Crippen LogP contribution in [0.5, 0.6) is 11.5 Å². The zero-order valence-electron chi connectivity index (χ0n) is 16.6. The molecule has 0 aromatic heterocycles. The third kappa shape index (κ3) is 5.96. The Bertz CT molecular complexity index is 933. The van der Waals surface area contributed by atoms with Gasteiger partial charge in [0.2, 0.25) is 0 Å². The predicted molar refractivity (Wildman–Crippen MR) is 115 cm³/mol. The van der Waals surface area contributed by atoms with Crippen LogP contribution < -0.4 is 14.8 Å². The number of hydrogen-bond donors (Lipinski definition) is 1. The van der Waals surface area contributed by atoms with Gasteiger partial charge in [-0.1, -0.05) is 54.1 Å². The van der Waals surface area contributed by atoms with Crippen molar-refractivity contribution in [2.24, 2.45) is 0 Å². The first-order chi connectivity index (χ1) is 14.1. The van der Waals surface area contributed by atoms with Gasteiger partial charge in [-0.05, 0) is 49.2 Å². The fraction of sp³-hybridized carbons (Fsp3) is 0.250. The smallest absolute Gasteiger partial charge is 0.161 e. The highest BCUT2D eigenvalue weighted by molar-refractivity contribution is 6.31. The zero-order chi connectivity index (χ0) is 20.6. The van der Waals surface area contributed by atoms with Crippen LogP contribution in [0.1, 0.15) is 36.6 Å². The van der Waals surface area contributed by atoms with E-state index < -0.39 is 0 Å². The Morgan fingerprint density at radius 3 is 2.48 bits per heavy atom. The maximum atomic E-state index is 13.2. The minimum absolute atomic E-state index is 0.238. The minimum atomic E-state index is -0.365. The lowest BCUT2D eigenvalue weighted by molar-refractivity contribution is 0.269. The van der Waals surface area contributed by atoms with Gasteiger partial charge in [0.25, 0.3) is 0 Å². The van der Waals surface area contributed by atoms with Crippen molar-refractivity contribution < 1.29 is 13.9 Å². The van der Waals surface area contributed by atoms with Crippen molar-refractivity contribution in [3.63, 3.8) is 0 Å². The molecule has 3 aromatic rings. The molecule has 1 unspecified atom stereocenters. The van der Waals surface area contributed by atoms with Crippen molar-refractivity contribution in [1.82, 2.24) is 5.32 Å². The number of nitrogens with one attached hydrogen (secondary N) is 1. The normalized spacial score (nSPS) is 11.9. The quantitative estimate of drug-likeness (QED) is 0.446. The molecule has 0 radical (unpaired) electrons. The first-order valence-corrected chi connectivity index (χ1v) is 10.1. The van der Waals surface area contributed by atoms with Gasteiger partial charge in [-0.3, -0.25) is 0 Å². The SMILES string of the molecule is CCOc1cc(CNC(C)c2ccccc2)ccc1OCc1ccc(F)cc1Cl. The van der Waals surface area contributed by atoms with E-state index in [9.17, 15) is 4.39 Å². The minimum Gasteiger partial charge on any atom is -0.490 e. The molecule has 1 atom stereocenters. The lowest BCUT2D eigenvalue weighted by Gasteiger charge is -2.17. The molecule has 0 saturated carbocycles. The monoisotopic (exact) mass is 413 g/mol. The highest BCUT2D eigenvalue weighted by Crippen LogP contribution is 2.30. The second-order valence-electron chi connectivity index (χ2n) is 6.75. The topological polar surface area (TPSA) is 30.5 Å². The fourth-order valence-corrected chi connectivity index (χ4v) is 3.20. The van der Waals surface area contributed by atoms with Gasteiger partial charge >= 0.3 is 0 Å². The maximum absolute atomic E-state index is 13.2. The lowest BCUT2D eigenvalue weighted by atomic mass is 10.1. The van der Waals surface area contributed by atoms with Crippen LogP contribution in [-0.2, 0) is 13.2 Å². The number of hydrogen-bond acceptors (Lipinski definition) is 3. The van der Waals surface area contributed by atoms with Crippen LogP contribution in [0.3, 0.4) is 0 Å². The van der Waals surface area contributed by atoms with E-state index in [1.54, 1.807) is 6.07 Å². The van der Waals surface area contributed by atoms with E-state index in [0.29, 0.717) is 29.7 Å². The maximum Gasteiger partial charge on any atom is 0.161 e. The van der Waals surface area contributed by atoms with Crippen molar-refractivity contribution >= 4 is 11.6 Å². The van der Waals surface area contributed by atoms with E-state index in [1.807, 2.05) is 43.3 Å². The molecular weight excluding hydrogens is 389 g/mol. The van der Waals surface area contributed by atoms with E-state index in [-0.39, 0.29) is 18.5 Å². The summed E-state index contributed by atoms with van der Waals surface area (Å²) in [5.74, 6) is 0.944. The second kappa shape index (κ2) is 10.3. The van der Waals surface area contributed by atoms with Crippen LogP contribution in [0.25, 0.3) is 0 Å². The van der Waals surface area contributed by atoms with Gasteiger partial charge in [0, 0.05) is 18.2 Å². The molecule has 0 spiro atoms. The fourth-order valence-electron chi connectivity index (χ4n) is 2.97. The third-order valence-corrected chi connectivity index (χ3v) is 4.97. The van der Waals surface area contributed by atoms with Crippen LogP contribution in [-0.4, -0.2) is 6.61 Å². The summed E-state index contributed by atoms with van der Waals surface area (Å²) in [6.07, 6.45) is 0. The molecule has 3 nitrogen and oxygen atoms in total. The molecule has 0 fully saturated rings. The zero-order valence-corrected chi connectivity index (χ0v) is 17.4. The molecule has 0 aliphatic heterocycles. The molecule has 3 aromatic carbocycles. The largest absolute Gasteiger partial charge is 0.490 e. The van der Waals surface area contributed by atoms with Crippen LogP contribution in [0.2, 0.25) is 5.02 Å². The van der Waals surface area contributed by atoms with Crippen LogP contribution >= 0.6 is 11.6 Å². The van der Waals surface area contributed by atoms with Gasteiger partial charge in [0.15, 0.2) is 11.5 Å².